The number of nitrogens with zero attached hydrogens (tertiary/aromatic N) is 3. The predicted octanol–water partition coefficient (Wildman–Crippen LogP) is 0.939. The molecule has 0 unspecified atom stereocenters. The van der Waals surface area contributed by atoms with Crippen molar-refractivity contribution in [2.75, 3.05) is 6.61 Å². The van der Waals surface area contributed by atoms with Gasteiger partial charge in [-0.15, -0.1) is 5.10 Å². The van der Waals surface area contributed by atoms with E-state index in [9.17, 15) is 0 Å². The van der Waals surface area contributed by atoms with Gasteiger partial charge in [-0.05, 0) is 19.8 Å². The summed E-state index contributed by atoms with van der Waals surface area (Å²) in [5, 5.41) is 20.2. The van der Waals surface area contributed by atoms with E-state index in [4.69, 9.17) is 5.11 Å². The van der Waals surface area contributed by atoms with Crippen LogP contribution in [0.2, 0.25) is 0 Å². The number of aromatic nitrogens is 3. The largest absolute Gasteiger partial charge is 0.394 e. The third-order valence-electron chi connectivity index (χ3n) is 3.17. The van der Waals surface area contributed by atoms with Crippen molar-refractivity contribution in [3.05, 3.63) is 11.9 Å². The van der Waals surface area contributed by atoms with Crippen LogP contribution in [0.5, 0.6) is 0 Å². The van der Waals surface area contributed by atoms with Crippen LogP contribution in [0.25, 0.3) is 0 Å². The van der Waals surface area contributed by atoms with Gasteiger partial charge in [-0.1, -0.05) is 19.1 Å². The Morgan fingerprint density at radius 3 is 2.69 bits per heavy atom. The zero-order valence-electron chi connectivity index (χ0n) is 10.4. The highest BCUT2D eigenvalue weighted by Crippen LogP contribution is 2.13. The molecule has 1 aromatic rings. The molecule has 1 heterocycles. The molecule has 2 N–H and O–H groups in total. The van der Waals surface area contributed by atoms with Gasteiger partial charge in [0.15, 0.2) is 0 Å². The molecule has 1 aromatic heterocycles. The first-order valence-corrected chi connectivity index (χ1v) is 5.88. The van der Waals surface area contributed by atoms with Gasteiger partial charge in [0.25, 0.3) is 0 Å². The molecule has 0 saturated carbocycles. The van der Waals surface area contributed by atoms with Gasteiger partial charge in [0, 0.05) is 18.3 Å². The highest BCUT2D eigenvalue weighted by Gasteiger charge is 2.18. The fourth-order valence-corrected chi connectivity index (χ4v) is 1.44. The number of nitrogens with one attached hydrogen (secondary N) is 1. The summed E-state index contributed by atoms with van der Waals surface area (Å²) in [6.45, 7) is 7.90. The maximum atomic E-state index is 8.76. The number of aliphatic hydroxyl groups excluding tert-OH is 1. The van der Waals surface area contributed by atoms with Crippen molar-refractivity contribution in [2.45, 2.75) is 52.2 Å². The lowest BCUT2D eigenvalue weighted by atomic mass is 9.95. The summed E-state index contributed by atoms with van der Waals surface area (Å²) in [4.78, 5) is 0. The first-order valence-electron chi connectivity index (χ1n) is 5.88. The number of hydrogen-bond donors (Lipinski definition) is 2. The van der Waals surface area contributed by atoms with Crippen LogP contribution in [0.3, 0.4) is 0 Å². The molecule has 92 valence electrons. The van der Waals surface area contributed by atoms with Crippen LogP contribution in [0.15, 0.2) is 6.20 Å². The van der Waals surface area contributed by atoms with Crippen LogP contribution >= 0.6 is 0 Å². The summed E-state index contributed by atoms with van der Waals surface area (Å²) in [5.41, 5.74) is 1.09. The minimum atomic E-state index is 0.0951. The second kappa shape index (κ2) is 5.96. The van der Waals surface area contributed by atoms with Gasteiger partial charge < -0.3 is 10.4 Å². The van der Waals surface area contributed by atoms with Crippen LogP contribution < -0.4 is 5.32 Å². The Morgan fingerprint density at radius 1 is 1.44 bits per heavy atom. The average Bonchev–Trinajstić information content (AvgIpc) is 2.74. The van der Waals surface area contributed by atoms with E-state index in [0.29, 0.717) is 6.54 Å². The molecule has 1 rings (SSSR count). The van der Waals surface area contributed by atoms with Gasteiger partial charge >= 0.3 is 0 Å². The van der Waals surface area contributed by atoms with Gasteiger partial charge in [-0.3, -0.25) is 0 Å². The highest BCUT2D eigenvalue weighted by molar-refractivity contribution is 4.94. The Kier molecular flexibility index (Phi) is 4.89. The van der Waals surface area contributed by atoms with Gasteiger partial charge in [0.2, 0.25) is 0 Å². The van der Waals surface area contributed by atoms with E-state index in [-0.39, 0.29) is 12.1 Å². The Hall–Kier alpha value is -0.940. The molecule has 16 heavy (non-hydrogen) atoms. The SMILES string of the molecule is CCC(C)(CC)NCc1cn(CCO)nn1. The molecule has 0 bridgehead atoms. The molecule has 0 aliphatic carbocycles. The van der Waals surface area contributed by atoms with Gasteiger partial charge in [-0.2, -0.15) is 0 Å². The fraction of sp³-hybridized carbons (Fsp3) is 0.818. The molecule has 0 amide bonds. The standard InChI is InChI=1S/C11H22N4O/c1-4-11(3,5-2)12-8-10-9-15(6-7-16)14-13-10/h9,12,16H,4-8H2,1-3H3. The molecule has 0 saturated heterocycles. The van der Waals surface area contributed by atoms with Crippen molar-refractivity contribution in [2.24, 2.45) is 0 Å². The van der Waals surface area contributed by atoms with E-state index >= 15 is 0 Å². The number of rotatable bonds is 7. The topological polar surface area (TPSA) is 63.0 Å². The fourth-order valence-electron chi connectivity index (χ4n) is 1.44. The summed E-state index contributed by atoms with van der Waals surface area (Å²) in [5.74, 6) is 0. The van der Waals surface area contributed by atoms with Gasteiger partial charge in [0.05, 0.1) is 18.8 Å². The minimum absolute atomic E-state index is 0.0951. The van der Waals surface area contributed by atoms with Crippen molar-refractivity contribution in [3.63, 3.8) is 0 Å². The lowest BCUT2D eigenvalue weighted by Crippen LogP contribution is -2.40. The monoisotopic (exact) mass is 226 g/mol. The van der Waals surface area contributed by atoms with Crippen molar-refractivity contribution >= 4 is 0 Å². The third-order valence-corrected chi connectivity index (χ3v) is 3.17. The molecule has 0 spiro atoms. The molecule has 0 radical (unpaired) electrons. The van der Waals surface area contributed by atoms with Crippen molar-refractivity contribution in [3.8, 4) is 0 Å². The van der Waals surface area contributed by atoms with Gasteiger partial charge in [-0.25, -0.2) is 4.68 Å². The molecule has 0 fully saturated rings. The maximum absolute atomic E-state index is 8.76. The predicted molar refractivity (Wildman–Crippen MR) is 62.9 cm³/mol. The Balaban J connectivity index is 2.47. The van der Waals surface area contributed by atoms with Crippen LogP contribution in [0.1, 0.15) is 39.3 Å². The van der Waals surface area contributed by atoms with Crippen LogP contribution in [-0.4, -0.2) is 32.2 Å². The molecule has 0 aromatic carbocycles. The van der Waals surface area contributed by atoms with E-state index in [2.05, 4.69) is 36.4 Å². The number of aliphatic hydroxyl groups is 1. The lowest BCUT2D eigenvalue weighted by Gasteiger charge is -2.27. The average molecular weight is 226 g/mol. The summed E-state index contributed by atoms with van der Waals surface area (Å²) < 4.78 is 1.66. The molecule has 0 aliphatic rings. The second-order valence-electron chi connectivity index (χ2n) is 4.32. The lowest BCUT2D eigenvalue weighted by molar-refractivity contribution is 0.268. The smallest absolute Gasteiger partial charge is 0.0965 e. The normalized spacial score (nSPS) is 12.0. The molecule has 0 aliphatic heterocycles. The van der Waals surface area contributed by atoms with E-state index in [1.54, 1.807) is 4.68 Å². The Labute approximate surface area is 96.9 Å². The minimum Gasteiger partial charge on any atom is -0.394 e. The van der Waals surface area contributed by atoms with Crippen molar-refractivity contribution < 1.29 is 5.11 Å². The highest BCUT2D eigenvalue weighted by atomic mass is 16.3. The molecular weight excluding hydrogens is 204 g/mol. The quantitative estimate of drug-likeness (QED) is 0.726. The molecule has 5 heteroatoms. The van der Waals surface area contributed by atoms with Crippen molar-refractivity contribution in [1.29, 1.82) is 0 Å². The number of hydrogen-bond acceptors (Lipinski definition) is 4. The summed E-state index contributed by atoms with van der Waals surface area (Å²) >= 11 is 0. The molecule has 5 nitrogen and oxygen atoms in total. The van der Waals surface area contributed by atoms with E-state index in [1.165, 1.54) is 0 Å². The van der Waals surface area contributed by atoms with Crippen LogP contribution in [0, 0.1) is 0 Å². The van der Waals surface area contributed by atoms with Crippen LogP contribution in [-0.2, 0) is 13.1 Å². The summed E-state index contributed by atoms with van der Waals surface area (Å²) in [7, 11) is 0. The Morgan fingerprint density at radius 2 is 2.12 bits per heavy atom. The van der Waals surface area contributed by atoms with Crippen molar-refractivity contribution in [1.82, 2.24) is 20.3 Å². The summed E-state index contributed by atoms with van der Waals surface area (Å²) in [6.07, 6.45) is 4.05. The zero-order chi connectivity index (χ0) is 12.0. The van der Waals surface area contributed by atoms with E-state index in [0.717, 1.165) is 25.1 Å². The van der Waals surface area contributed by atoms with Gasteiger partial charge in [0.1, 0.15) is 0 Å². The summed E-state index contributed by atoms with van der Waals surface area (Å²) in [6, 6.07) is 0. The first kappa shape index (κ1) is 13.1. The molecular formula is C11H22N4O. The molecule has 0 atom stereocenters. The third kappa shape index (κ3) is 3.57. The van der Waals surface area contributed by atoms with E-state index in [1.807, 2.05) is 6.20 Å². The maximum Gasteiger partial charge on any atom is 0.0965 e. The van der Waals surface area contributed by atoms with E-state index < -0.39 is 0 Å². The zero-order valence-corrected chi connectivity index (χ0v) is 10.4. The second-order valence-corrected chi connectivity index (χ2v) is 4.32. The Bertz CT molecular complexity index is 307. The first-order chi connectivity index (χ1) is 7.63. The van der Waals surface area contributed by atoms with Crippen LogP contribution in [0.4, 0.5) is 0 Å².